The summed E-state index contributed by atoms with van der Waals surface area (Å²) in [5.41, 5.74) is 8.12. The van der Waals surface area contributed by atoms with E-state index in [1.165, 1.54) is 0 Å². The van der Waals surface area contributed by atoms with E-state index in [0.717, 1.165) is 35.8 Å². The van der Waals surface area contributed by atoms with Gasteiger partial charge in [-0.15, -0.1) is 11.3 Å². The van der Waals surface area contributed by atoms with Gasteiger partial charge in [-0.2, -0.15) is 0 Å². The van der Waals surface area contributed by atoms with Crippen molar-refractivity contribution in [2.75, 3.05) is 23.3 Å². The standard InChI is InChI=1S/C22H23N5O2S/c1-14-17(7-8-18(25-14)19-5-3-11-30-19)22(29)26-16-6-9-20(24-12-16)27-10-2-4-15(13-27)21(23)28/h3,5-9,11-12,15H,2,4,10,13H2,1H3,(H2,23,28)(H,26,29). The van der Waals surface area contributed by atoms with Crippen LogP contribution in [0.15, 0.2) is 48.0 Å². The summed E-state index contributed by atoms with van der Waals surface area (Å²) in [6, 6.07) is 11.3. The fourth-order valence-electron chi connectivity index (χ4n) is 3.63. The van der Waals surface area contributed by atoms with Crippen molar-refractivity contribution in [2.45, 2.75) is 19.8 Å². The first kappa shape index (κ1) is 20.0. The Labute approximate surface area is 179 Å². The number of rotatable bonds is 5. The first-order valence-electron chi connectivity index (χ1n) is 9.84. The molecule has 1 aliphatic heterocycles. The number of pyridine rings is 2. The summed E-state index contributed by atoms with van der Waals surface area (Å²) in [4.78, 5) is 36.3. The Kier molecular flexibility index (Phi) is 5.76. The van der Waals surface area contributed by atoms with Gasteiger partial charge in [-0.1, -0.05) is 6.07 Å². The van der Waals surface area contributed by atoms with Crippen LogP contribution in [-0.4, -0.2) is 34.9 Å². The molecule has 1 saturated heterocycles. The maximum Gasteiger partial charge on any atom is 0.257 e. The number of amides is 2. The lowest BCUT2D eigenvalue weighted by molar-refractivity contribution is -0.122. The van der Waals surface area contributed by atoms with Gasteiger partial charge in [-0.25, -0.2) is 4.98 Å². The molecule has 4 rings (SSSR count). The van der Waals surface area contributed by atoms with E-state index in [4.69, 9.17) is 5.73 Å². The Hall–Kier alpha value is -3.26. The van der Waals surface area contributed by atoms with Crippen molar-refractivity contribution in [3.05, 3.63) is 59.2 Å². The Balaban J connectivity index is 1.43. The molecule has 0 bridgehead atoms. The Bertz CT molecular complexity index is 1050. The molecule has 8 heteroatoms. The molecule has 1 fully saturated rings. The van der Waals surface area contributed by atoms with Crippen LogP contribution in [0.2, 0.25) is 0 Å². The summed E-state index contributed by atoms with van der Waals surface area (Å²) in [7, 11) is 0. The molecule has 1 atom stereocenters. The molecule has 3 aromatic heterocycles. The number of hydrogen-bond donors (Lipinski definition) is 2. The SMILES string of the molecule is Cc1nc(-c2cccs2)ccc1C(=O)Nc1ccc(N2CCCC(C(N)=O)C2)nc1. The van der Waals surface area contributed by atoms with Crippen molar-refractivity contribution in [1.82, 2.24) is 9.97 Å². The fourth-order valence-corrected chi connectivity index (χ4v) is 4.32. The predicted molar refractivity (Wildman–Crippen MR) is 119 cm³/mol. The van der Waals surface area contributed by atoms with Crippen LogP contribution >= 0.6 is 11.3 Å². The maximum atomic E-state index is 12.7. The minimum atomic E-state index is -0.266. The Morgan fingerprint density at radius 3 is 2.77 bits per heavy atom. The first-order chi connectivity index (χ1) is 14.5. The number of nitrogens with two attached hydrogens (primary N) is 1. The van der Waals surface area contributed by atoms with Gasteiger partial charge < -0.3 is 16.0 Å². The molecule has 0 aliphatic carbocycles. The summed E-state index contributed by atoms with van der Waals surface area (Å²) in [6.07, 6.45) is 3.35. The number of piperidine rings is 1. The van der Waals surface area contributed by atoms with Gasteiger partial charge in [0.2, 0.25) is 5.91 Å². The van der Waals surface area contributed by atoms with Crippen molar-refractivity contribution in [3.8, 4) is 10.6 Å². The Morgan fingerprint density at radius 2 is 2.10 bits per heavy atom. The molecule has 3 aromatic rings. The molecular weight excluding hydrogens is 398 g/mol. The molecule has 7 nitrogen and oxygen atoms in total. The molecule has 154 valence electrons. The zero-order valence-corrected chi connectivity index (χ0v) is 17.5. The second kappa shape index (κ2) is 8.62. The van der Waals surface area contributed by atoms with E-state index in [0.29, 0.717) is 23.5 Å². The highest BCUT2D eigenvalue weighted by Crippen LogP contribution is 2.25. The number of anilines is 2. The van der Waals surface area contributed by atoms with Gasteiger partial charge in [0.15, 0.2) is 0 Å². The van der Waals surface area contributed by atoms with E-state index in [-0.39, 0.29) is 17.7 Å². The molecule has 0 saturated carbocycles. The molecule has 0 aromatic carbocycles. The number of carbonyl (C=O) groups is 2. The average molecular weight is 422 g/mol. The van der Waals surface area contributed by atoms with Gasteiger partial charge in [0, 0.05) is 13.1 Å². The van der Waals surface area contributed by atoms with Crippen molar-refractivity contribution in [3.63, 3.8) is 0 Å². The molecule has 30 heavy (non-hydrogen) atoms. The van der Waals surface area contributed by atoms with Crippen LogP contribution in [0.4, 0.5) is 11.5 Å². The second-order valence-corrected chi connectivity index (χ2v) is 8.30. The Morgan fingerprint density at radius 1 is 1.23 bits per heavy atom. The molecule has 1 unspecified atom stereocenters. The number of primary amides is 1. The van der Waals surface area contributed by atoms with Crippen molar-refractivity contribution in [2.24, 2.45) is 11.7 Å². The van der Waals surface area contributed by atoms with E-state index >= 15 is 0 Å². The molecule has 0 radical (unpaired) electrons. The fraction of sp³-hybridized carbons (Fsp3) is 0.273. The van der Waals surface area contributed by atoms with Crippen molar-refractivity contribution in [1.29, 1.82) is 0 Å². The minimum absolute atomic E-state index is 0.146. The smallest absolute Gasteiger partial charge is 0.257 e. The quantitative estimate of drug-likeness (QED) is 0.657. The number of nitrogens with zero attached hydrogens (tertiary/aromatic N) is 3. The molecule has 0 spiro atoms. The molecule has 4 heterocycles. The van der Waals surface area contributed by atoms with Gasteiger partial charge in [0.1, 0.15) is 5.82 Å². The summed E-state index contributed by atoms with van der Waals surface area (Å²) in [5, 5.41) is 4.88. The zero-order chi connectivity index (χ0) is 21.1. The predicted octanol–water partition coefficient (Wildman–Crippen LogP) is 3.47. The first-order valence-corrected chi connectivity index (χ1v) is 10.7. The van der Waals surface area contributed by atoms with Crippen LogP contribution in [0, 0.1) is 12.8 Å². The summed E-state index contributed by atoms with van der Waals surface area (Å²) in [6.45, 7) is 3.25. The van der Waals surface area contributed by atoms with Gasteiger partial charge in [-0.3, -0.25) is 14.6 Å². The van der Waals surface area contributed by atoms with Crippen LogP contribution in [0.5, 0.6) is 0 Å². The van der Waals surface area contributed by atoms with E-state index in [1.54, 1.807) is 23.6 Å². The van der Waals surface area contributed by atoms with Crippen molar-refractivity contribution >= 4 is 34.7 Å². The molecule has 2 amide bonds. The summed E-state index contributed by atoms with van der Waals surface area (Å²) >= 11 is 1.62. The maximum absolute atomic E-state index is 12.7. The van der Waals surface area contributed by atoms with E-state index in [9.17, 15) is 9.59 Å². The number of aryl methyl sites for hydroxylation is 1. The van der Waals surface area contributed by atoms with Crippen LogP contribution in [0.1, 0.15) is 28.9 Å². The number of nitrogens with one attached hydrogen (secondary N) is 1. The highest BCUT2D eigenvalue weighted by molar-refractivity contribution is 7.13. The molecule has 3 N–H and O–H groups in total. The van der Waals surface area contributed by atoms with E-state index in [2.05, 4.69) is 20.2 Å². The summed E-state index contributed by atoms with van der Waals surface area (Å²) in [5.74, 6) is 0.140. The molecular formula is C22H23N5O2S. The van der Waals surface area contributed by atoms with Gasteiger partial charge in [0.05, 0.1) is 39.6 Å². The van der Waals surface area contributed by atoms with Crippen LogP contribution in [0.25, 0.3) is 10.6 Å². The topological polar surface area (TPSA) is 101 Å². The number of thiophene rings is 1. The third-order valence-electron chi connectivity index (χ3n) is 5.26. The van der Waals surface area contributed by atoms with Gasteiger partial charge in [-0.05, 0) is 55.5 Å². The van der Waals surface area contributed by atoms with Crippen molar-refractivity contribution < 1.29 is 9.59 Å². The number of carbonyl (C=O) groups excluding carboxylic acids is 2. The third kappa shape index (κ3) is 4.33. The second-order valence-electron chi connectivity index (χ2n) is 7.35. The number of aromatic nitrogens is 2. The zero-order valence-electron chi connectivity index (χ0n) is 16.7. The lowest BCUT2D eigenvalue weighted by Crippen LogP contribution is -2.41. The van der Waals surface area contributed by atoms with Crippen LogP contribution in [0.3, 0.4) is 0 Å². The van der Waals surface area contributed by atoms with E-state index < -0.39 is 0 Å². The highest BCUT2D eigenvalue weighted by atomic mass is 32.1. The third-order valence-corrected chi connectivity index (χ3v) is 6.15. The van der Waals surface area contributed by atoms with Crippen LogP contribution in [-0.2, 0) is 4.79 Å². The minimum Gasteiger partial charge on any atom is -0.369 e. The lowest BCUT2D eigenvalue weighted by atomic mass is 9.97. The average Bonchev–Trinajstić information content (AvgIpc) is 3.29. The lowest BCUT2D eigenvalue weighted by Gasteiger charge is -2.32. The highest BCUT2D eigenvalue weighted by Gasteiger charge is 2.24. The number of hydrogen-bond acceptors (Lipinski definition) is 6. The monoisotopic (exact) mass is 421 g/mol. The molecule has 1 aliphatic rings. The normalized spacial score (nSPS) is 16.3. The van der Waals surface area contributed by atoms with Crippen LogP contribution < -0.4 is 16.0 Å². The van der Waals surface area contributed by atoms with Gasteiger partial charge in [0.25, 0.3) is 5.91 Å². The van der Waals surface area contributed by atoms with E-state index in [1.807, 2.05) is 42.6 Å². The van der Waals surface area contributed by atoms with Gasteiger partial charge >= 0.3 is 0 Å². The summed E-state index contributed by atoms with van der Waals surface area (Å²) < 4.78 is 0. The largest absolute Gasteiger partial charge is 0.369 e.